The van der Waals surface area contributed by atoms with Crippen LogP contribution in [-0.4, -0.2) is 46.9 Å². The maximum atomic E-state index is 10.9. The van der Waals surface area contributed by atoms with Crippen molar-refractivity contribution in [1.82, 2.24) is 13.7 Å². The predicted octanol–water partition coefficient (Wildman–Crippen LogP) is -2.20. The van der Waals surface area contributed by atoms with Crippen molar-refractivity contribution in [3.05, 3.63) is 84.8 Å². The number of carboxylic acids is 3. The van der Waals surface area contributed by atoms with Gasteiger partial charge in [0.05, 0.1) is 19.6 Å². The number of imidazole rings is 3. The normalized spacial score (nSPS) is 10.8. The van der Waals surface area contributed by atoms with Crippen LogP contribution < -0.4 is 64.6 Å². The summed E-state index contributed by atoms with van der Waals surface area (Å²) in [6.07, 6.45) is 9.04. The zero-order valence-corrected chi connectivity index (χ0v) is 38.0. The van der Waals surface area contributed by atoms with Gasteiger partial charge in [-0.1, -0.05) is 0 Å². The van der Waals surface area contributed by atoms with Crippen molar-refractivity contribution in [3.63, 3.8) is 0 Å². The van der Waals surface area contributed by atoms with Gasteiger partial charge in [-0.3, -0.25) is 14.4 Å². The minimum Gasteiger partial charge on any atom is -1.00 e. The molecule has 0 aliphatic carbocycles. The van der Waals surface area contributed by atoms with Gasteiger partial charge in [-0.05, 0) is 143 Å². The Morgan fingerprint density at radius 2 is 0.704 bits per heavy atom. The lowest BCUT2D eigenvalue weighted by molar-refractivity contribution is -0.687. The summed E-state index contributed by atoms with van der Waals surface area (Å²) in [5.74, 6) is -2.54. The minimum atomic E-state index is -0.847. The second kappa shape index (κ2) is 24.3. The van der Waals surface area contributed by atoms with Gasteiger partial charge in [0.15, 0.2) is 0 Å². The van der Waals surface area contributed by atoms with Crippen LogP contribution in [0.25, 0.3) is 0 Å². The summed E-state index contributed by atoms with van der Waals surface area (Å²) < 4.78 is 10.8. The van der Waals surface area contributed by atoms with Gasteiger partial charge in [-0.25, -0.2) is 27.4 Å². The molecule has 3 heterocycles. The molecule has 1 aromatic carbocycles. The Labute approximate surface area is 374 Å². The molecule has 54 heavy (non-hydrogen) atoms. The van der Waals surface area contributed by atoms with Crippen molar-refractivity contribution < 1.29 is 94.3 Å². The van der Waals surface area contributed by atoms with Crippen molar-refractivity contribution in [1.29, 1.82) is 0 Å². The highest BCUT2D eigenvalue weighted by molar-refractivity contribution is 6.40. The van der Waals surface area contributed by atoms with Crippen molar-refractivity contribution >= 4 is 87.5 Å². The quantitative estimate of drug-likeness (QED) is 0.0641. The fourth-order valence-corrected chi connectivity index (χ4v) is 7.04. The Balaban J connectivity index is 0.00000486. The molecule has 0 fully saturated rings. The highest BCUT2D eigenvalue weighted by Crippen LogP contribution is 2.24. The summed E-state index contributed by atoms with van der Waals surface area (Å²) >= 11 is 39.7. The van der Waals surface area contributed by atoms with Crippen LogP contribution in [-0.2, 0) is 53.7 Å². The van der Waals surface area contributed by atoms with Crippen LogP contribution in [0.15, 0.2) is 37.2 Å². The van der Waals surface area contributed by atoms with Gasteiger partial charge in [0, 0.05) is 19.3 Å². The number of carboxylic acid groups (broad SMARTS) is 3. The summed E-state index contributed by atoms with van der Waals surface area (Å²) in [6.45, 7) is 2.64. The molecule has 0 saturated heterocycles. The SMILES string of the molecule is O=C(O)CCCCn1c[n+](Cc2cc(C[n+]3cn(CCCCC(=O)O)c(Cl)c3Cl)cc(C[n+]3cn(CCCCC(=O)O)c(Cl)c3Cl)c2)c(Cl)c1Cl.[Br-].[Br-].[Br-]. The van der Waals surface area contributed by atoms with E-state index >= 15 is 0 Å². The first kappa shape index (κ1) is 50.5. The molecule has 0 spiro atoms. The van der Waals surface area contributed by atoms with Crippen LogP contribution in [0.1, 0.15) is 74.5 Å². The highest BCUT2D eigenvalue weighted by Gasteiger charge is 2.25. The smallest absolute Gasteiger partial charge is 0.303 e. The van der Waals surface area contributed by atoms with Crippen molar-refractivity contribution in [2.45, 2.75) is 97.1 Å². The number of carbonyl (C=O) groups is 3. The maximum Gasteiger partial charge on any atom is 0.303 e. The standard InChI is InChI=1S/C33H36Cl6N6O6.3BrH/c34-28-31(37)43(19-40(28)10-4-1-7-25(46)47)16-22-13-23(17-44-20-41(29(35)32(44)38)11-5-2-8-26(48)49)15-24(14-22)18-45-21-42(30(36)33(45)39)12-6-3-9-27(50)51;;;/h13-15,19-21H,1-12,16-18H2;3*1H. The van der Waals surface area contributed by atoms with Gasteiger partial charge in [0.2, 0.25) is 19.0 Å². The first-order valence-corrected chi connectivity index (χ1v) is 18.6. The first-order valence-electron chi connectivity index (χ1n) is 16.3. The van der Waals surface area contributed by atoms with Crippen molar-refractivity contribution in [2.24, 2.45) is 0 Å². The Morgan fingerprint density at radius 3 is 0.926 bits per heavy atom. The minimum absolute atomic E-state index is 0. The maximum absolute atomic E-state index is 10.9. The monoisotopic (exact) mass is 1060 g/mol. The van der Waals surface area contributed by atoms with Crippen LogP contribution in [0.5, 0.6) is 0 Å². The van der Waals surface area contributed by atoms with E-state index in [9.17, 15) is 14.4 Å². The Bertz CT molecular complexity index is 1670. The topological polar surface area (TPSA) is 138 Å². The molecular weight excluding hydrogens is 1030 g/mol. The molecule has 0 aliphatic rings. The summed E-state index contributed by atoms with van der Waals surface area (Å²) in [5.41, 5.74) is 2.71. The average molecular weight is 1070 g/mol. The van der Waals surface area contributed by atoms with Gasteiger partial charge in [0.1, 0.15) is 19.6 Å². The van der Waals surface area contributed by atoms with E-state index in [0.717, 1.165) is 16.7 Å². The molecule has 300 valence electrons. The van der Waals surface area contributed by atoms with Gasteiger partial charge >= 0.3 is 17.9 Å². The van der Waals surface area contributed by atoms with Gasteiger partial charge in [-0.2, -0.15) is 0 Å². The van der Waals surface area contributed by atoms with E-state index in [1.54, 1.807) is 13.7 Å². The van der Waals surface area contributed by atoms with E-state index in [2.05, 4.69) is 0 Å². The molecular formula is C33H39Br3Cl6N6O6. The molecule has 0 radical (unpaired) electrons. The third-order valence-corrected chi connectivity index (χ3v) is 10.8. The summed E-state index contributed by atoms with van der Waals surface area (Å²) in [5, 5.41) is 29.0. The molecule has 3 aromatic heterocycles. The molecule has 0 saturated carbocycles. The molecule has 4 rings (SSSR count). The molecule has 0 bridgehead atoms. The number of aromatic nitrogens is 6. The van der Waals surface area contributed by atoms with Gasteiger partial charge in [-0.15, -0.1) is 0 Å². The Morgan fingerprint density at radius 1 is 0.463 bits per heavy atom. The molecule has 0 atom stereocenters. The lowest BCUT2D eigenvalue weighted by Crippen LogP contribution is -3.00. The van der Waals surface area contributed by atoms with E-state index in [1.807, 2.05) is 50.9 Å². The number of aliphatic carboxylic acids is 3. The number of aryl methyl sites for hydroxylation is 3. The van der Waals surface area contributed by atoms with Crippen LogP contribution in [0.2, 0.25) is 30.9 Å². The Hall–Kier alpha value is -1.56. The number of halogens is 9. The number of rotatable bonds is 21. The third kappa shape index (κ3) is 14.7. The zero-order valence-electron chi connectivity index (χ0n) is 28.7. The molecule has 0 aliphatic heterocycles. The molecule has 4 aromatic rings. The van der Waals surface area contributed by atoms with Crippen LogP contribution in [0, 0.1) is 0 Å². The number of hydrogen-bond acceptors (Lipinski definition) is 3. The van der Waals surface area contributed by atoms with Crippen molar-refractivity contribution in [3.8, 4) is 0 Å². The second-order valence-electron chi connectivity index (χ2n) is 12.3. The van der Waals surface area contributed by atoms with Crippen LogP contribution in [0.4, 0.5) is 0 Å². The fourth-order valence-electron chi connectivity index (χ4n) is 5.70. The number of nitrogens with zero attached hydrogens (tertiary/aromatic N) is 6. The Kier molecular flexibility index (Phi) is 22.7. The first-order chi connectivity index (χ1) is 24.2. The molecule has 0 unspecified atom stereocenters. The summed E-state index contributed by atoms with van der Waals surface area (Å²) in [7, 11) is 0. The predicted molar refractivity (Wildman–Crippen MR) is 192 cm³/mol. The van der Waals surface area contributed by atoms with E-state index in [4.69, 9.17) is 84.9 Å². The lowest BCUT2D eigenvalue weighted by atomic mass is 10.0. The molecule has 0 amide bonds. The van der Waals surface area contributed by atoms with E-state index in [1.165, 1.54) is 0 Å². The molecule has 21 heteroatoms. The zero-order chi connectivity index (χ0) is 37.2. The van der Waals surface area contributed by atoms with Crippen LogP contribution in [0.3, 0.4) is 0 Å². The van der Waals surface area contributed by atoms with Gasteiger partial charge < -0.3 is 66.3 Å². The van der Waals surface area contributed by atoms with Crippen molar-refractivity contribution in [2.75, 3.05) is 0 Å². The van der Waals surface area contributed by atoms with E-state index < -0.39 is 17.9 Å². The average Bonchev–Trinajstić information content (AvgIpc) is 3.60. The van der Waals surface area contributed by atoms with E-state index in [-0.39, 0.29) is 70.2 Å². The van der Waals surface area contributed by atoms with Crippen LogP contribution >= 0.6 is 69.6 Å². The second-order valence-corrected chi connectivity index (χ2v) is 14.4. The summed E-state index contributed by atoms with van der Waals surface area (Å²) in [6, 6.07) is 6.08. The molecule has 3 N–H and O–H groups in total. The fraction of sp³-hybridized carbons (Fsp3) is 0.455. The van der Waals surface area contributed by atoms with E-state index in [0.29, 0.717) is 109 Å². The third-order valence-electron chi connectivity index (χ3n) is 8.15. The lowest BCUT2D eigenvalue weighted by Gasteiger charge is -2.08. The van der Waals surface area contributed by atoms with Gasteiger partial charge in [0.25, 0.3) is 30.9 Å². The number of unbranched alkanes of at least 4 members (excludes halogenated alkanes) is 3. The molecule has 12 nitrogen and oxygen atoms in total. The number of benzene rings is 1. The summed E-state index contributed by atoms with van der Waals surface area (Å²) in [4.78, 5) is 32.8. The highest BCUT2D eigenvalue weighted by atomic mass is 79.9. The number of hydrogen-bond donors (Lipinski definition) is 3. The largest absolute Gasteiger partial charge is 1.00 e.